The summed E-state index contributed by atoms with van der Waals surface area (Å²) in [6, 6.07) is 3.51. The molecule has 5 heteroatoms. The van der Waals surface area contributed by atoms with Gasteiger partial charge in [0.25, 0.3) is 0 Å². The number of nitrogens with two attached hydrogens (primary N) is 1. The van der Waals surface area contributed by atoms with Crippen molar-refractivity contribution in [3.63, 3.8) is 0 Å². The number of hydrogen-bond donors (Lipinski definition) is 2. The maximum absolute atomic E-state index is 5.68. The van der Waals surface area contributed by atoms with Gasteiger partial charge in [-0.3, -0.25) is 0 Å². The highest BCUT2D eigenvalue weighted by Gasteiger charge is 2.01. The summed E-state index contributed by atoms with van der Waals surface area (Å²) >= 11 is 5.68. The Morgan fingerprint density at radius 2 is 2.25 bits per heavy atom. The predicted octanol–water partition coefficient (Wildman–Crippen LogP) is 1.07. The van der Waals surface area contributed by atoms with Crippen molar-refractivity contribution in [3.8, 4) is 0 Å². The van der Waals surface area contributed by atoms with Gasteiger partial charge in [0.2, 0.25) is 0 Å². The Hall–Kier alpha value is -1.13. The minimum Gasteiger partial charge on any atom is -0.326 e. The highest BCUT2D eigenvalue weighted by atomic mass is 35.5. The topological polar surface area (TPSA) is 67.6 Å². The number of H-pyrrole nitrogens is 1. The second kappa shape index (κ2) is 2.73. The number of pyridine rings is 1. The molecule has 2 rings (SSSR count). The van der Waals surface area contributed by atoms with Gasteiger partial charge in [-0.15, -0.1) is 0 Å². The Labute approximate surface area is 73.8 Å². The van der Waals surface area contributed by atoms with Crippen molar-refractivity contribution >= 4 is 22.8 Å². The average Bonchev–Trinajstić information content (AvgIpc) is 2.46. The minimum absolute atomic E-state index is 0.383. The quantitative estimate of drug-likeness (QED) is 0.649. The molecule has 2 aromatic heterocycles. The van der Waals surface area contributed by atoms with Gasteiger partial charge in [0.05, 0.1) is 6.54 Å². The molecule has 0 aliphatic heterocycles. The molecule has 0 amide bonds. The minimum atomic E-state index is 0.383. The normalized spacial score (nSPS) is 10.8. The third-order valence-corrected chi connectivity index (χ3v) is 1.76. The fourth-order valence-electron chi connectivity index (χ4n) is 1.02. The molecule has 0 unspecified atom stereocenters. The molecule has 0 saturated carbocycles. The van der Waals surface area contributed by atoms with Gasteiger partial charge in [-0.2, -0.15) is 0 Å². The Kier molecular flexibility index (Phi) is 1.71. The van der Waals surface area contributed by atoms with E-state index in [-0.39, 0.29) is 0 Å². The number of aromatic nitrogens is 3. The average molecular weight is 183 g/mol. The first-order valence-corrected chi connectivity index (χ1v) is 3.88. The number of imidazole rings is 1. The fraction of sp³-hybridized carbons (Fsp3) is 0.143. The van der Waals surface area contributed by atoms with E-state index in [9.17, 15) is 0 Å². The first-order chi connectivity index (χ1) is 5.79. The van der Waals surface area contributed by atoms with Crippen molar-refractivity contribution < 1.29 is 0 Å². The summed E-state index contributed by atoms with van der Waals surface area (Å²) in [7, 11) is 0. The van der Waals surface area contributed by atoms with Crippen LogP contribution < -0.4 is 5.73 Å². The lowest BCUT2D eigenvalue weighted by atomic mass is 10.4. The van der Waals surface area contributed by atoms with E-state index in [0.717, 1.165) is 11.3 Å². The SMILES string of the molecule is NCc1nc2ccc(Cl)nc2[nH]1. The Morgan fingerprint density at radius 1 is 1.42 bits per heavy atom. The van der Waals surface area contributed by atoms with E-state index in [1.807, 2.05) is 0 Å². The highest BCUT2D eigenvalue weighted by molar-refractivity contribution is 6.29. The van der Waals surface area contributed by atoms with Gasteiger partial charge in [-0.1, -0.05) is 11.6 Å². The maximum atomic E-state index is 5.68. The Bertz CT molecular complexity index is 409. The van der Waals surface area contributed by atoms with Crippen molar-refractivity contribution in [2.24, 2.45) is 5.73 Å². The largest absolute Gasteiger partial charge is 0.326 e. The summed E-state index contributed by atoms with van der Waals surface area (Å²) in [5.41, 5.74) is 6.87. The van der Waals surface area contributed by atoms with Crippen LogP contribution in [0.3, 0.4) is 0 Å². The van der Waals surface area contributed by atoms with Crippen LogP contribution in [-0.2, 0) is 6.54 Å². The number of aromatic amines is 1. The molecule has 0 aromatic carbocycles. The third kappa shape index (κ3) is 1.15. The summed E-state index contributed by atoms with van der Waals surface area (Å²) < 4.78 is 0. The lowest BCUT2D eigenvalue weighted by Crippen LogP contribution is -1.97. The number of nitrogens with one attached hydrogen (secondary N) is 1. The van der Waals surface area contributed by atoms with Crippen LogP contribution in [0.2, 0.25) is 5.15 Å². The van der Waals surface area contributed by atoms with Crippen LogP contribution in [0.25, 0.3) is 11.2 Å². The molecule has 12 heavy (non-hydrogen) atoms. The van der Waals surface area contributed by atoms with Gasteiger partial charge in [-0.25, -0.2) is 9.97 Å². The van der Waals surface area contributed by atoms with Gasteiger partial charge in [0, 0.05) is 0 Å². The smallest absolute Gasteiger partial charge is 0.159 e. The zero-order valence-corrected chi connectivity index (χ0v) is 6.97. The van der Waals surface area contributed by atoms with Crippen molar-refractivity contribution in [1.82, 2.24) is 15.0 Å². The summed E-state index contributed by atoms with van der Waals surface area (Å²) in [5.74, 6) is 0.722. The van der Waals surface area contributed by atoms with Crippen LogP contribution in [-0.4, -0.2) is 15.0 Å². The van der Waals surface area contributed by atoms with Crippen molar-refractivity contribution in [3.05, 3.63) is 23.1 Å². The van der Waals surface area contributed by atoms with Gasteiger partial charge < -0.3 is 10.7 Å². The molecule has 0 bridgehead atoms. The second-order valence-corrected chi connectivity index (χ2v) is 2.78. The molecule has 0 aliphatic carbocycles. The third-order valence-electron chi connectivity index (χ3n) is 1.55. The molecule has 3 N–H and O–H groups in total. The number of hydrogen-bond acceptors (Lipinski definition) is 3. The molecule has 2 aromatic rings. The van der Waals surface area contributed by atoms with Crippen LogP contribution in [0.4, 0.5) is 0 Å². The molecular weight excluding hydrogens is 176 g/mol. The molecule has 62 valence electrons. The van der Waals surface area contributed by atoms with Gasteiger partial charge in [0.15, 0.2) is 5.65 Å². The van der Waals surface area contributed by atoms with E-state index in [2.05, 4.69) is 15.0 Å². The second-order valence-electron chi connectivity index (χ2n) is 2.39. The standard InChI is InChI=1S/C7H7ClN4/c8-5-2-1-4-7(11-5)12-6(3-9)10-4/h1-2H,3,9H2,(H,10,11,12). The molecule has 0 aliphatic rings. The van der Waals surface area contributed by atoms with Crippen molar-refractivity contribution in [1.29, 1.82) is 0 Å². The molecule has 0 saturated heterocycles. The van der Waals surface area contributed by atoms with Gasteiger partial charge in [-0.05, 0) is 12.1 Å². The van der Waals surface area contributed by atoms with E-state index in [1.54, 1.807) is 12.1 Å². The number of rotatable bonds is 1. The molecule has 2 heterocycles. The molecule has 0 fully saturated rings. The van der Waals surface area contributed by atoms with E-state index in [1.165, 1.54) is 0 Å². The van der Waals surface area contributed by atoms with Gasteiger partial charge >= 0.3 is 0 Å². The van der Waals surface area contributed by atoms with Crippen LogP contribution in [0.15, 0.2) is 12.1 Å². The molecule has 4 nitrogen and oxygen atoms in total. The molecular formula is C7H7ClN4. The first-order valence-electron chi connectivity index (χ1n) is 3.51. The number of fused-ring (bicyclic) bond motifs is 1. The lowest BCUT2D eigenvalue weighted by molar-refractivity contribution is 0.956. The van der Waals surface area contributed by atoms with E-state index < -0.39 is 0 Å². The lowest BCUT2D eigenvalue weighted by Gasteiger charge is -1.86. The summed E-state index contributed by atoms with van der Waals surface area (Å²) in [6.07, 6.45) is 0. The van der Waals surface area contributed by atoms with Crippen molar-refractivity contribution in [2.75, 3.05) is 0 Å². The Morgan fingerprint density at radius 3 is 3.00 bits per heavy atom. The van der Waals surface area contributed by atoms with Crippen LogP contribution in [0, 0.1) is 0 Å². The molecule has 0 spiro atoms. The van der Waals surface area contributed by atoms with Crippen LogP contribution in [0.5, 0.6) is 0 Å². The zero-order chi connectivity index (χ0) is 8.55. The predicted molar refractivity (Wildman–Crippen MR) is 46.8 cm³/mol. The number of halogens is 1. The summed E-state index contributed by atoms with van der Waals surface area (Å²) in [6.45, 7) is 0.383. The maximum Gasteiger partial charge on any atom is 0.159 e. The summed E-state index contributed by atoms with van der Waals surface area (Å²) in [5, 5.41) is 0.453. The monoisotopic (exact) mass is 182 g/mol. The highest BCUT2D eigenvalue weighted by Crippen LogP contribution is 2.12. The van der Waals surface area contributed by atoms with E-state index in [0.29, 0.717) is 17.3 Å². The van der Waals surface area contributed by atoms with Crippen LogP contribution in [0.1, 0.15) is 5.82 Å². The van der Waals surface area contributed by atoms with Gasteiger partial charge in [0.1, 0.15) is 16.5 Å². The van der Waals surface area contributed by atoms with Crippen molar-refractivity contribution in [2.45, 2.75) is 6.54 Å². The van der Waals surface area contributed by atoms with E-state index >= 15 is 0 Å². The number of nitrogens with zero attached hydrogens (tertiary/aromatic N) is 2. The van der Waals surface area contributed by atoms with Crippen LogP contribution >= 0.6 is 11.6 Å². The van der Waals surface area contributed by atoms with E-state index in [4.69, 9.17) is 17.3 Å². The zero-order valence-electron chi connectivity index (χ0n) is 6.21. The first kappa shape index (κ1) is 7.52. The molecule has 0 radical (unpaired) electrons. The fourth-order valence-corrected chi connectivity index (χ4v) is 1.16. The Balaban J connectivity index is 2.67. The summed E-state index contributed by atoms with van der Waals surface area (Å²) in [4.78, 5) is 11.2. The molecule has 0 atom stereocenters.